The third-order valence-electron chi connectivity index (χ3n) is 0.790. The molecule has 0 aromatic carbocycles. The predicted molar refractivity (Wildman–Crippen MR) is 48.6 cm³/mol. The Morgan fingerprint density at radius 3 is 2.54 bits per heavy atom. The lowest BCUT2D eigenvalue weighted by Gasteiger charge is -2.08. The Hall–Kier alpha value is -1.57. The van der Waals surface area contributed by atoms with Gasteiger partial charge in [0.2, 0.25) is 0 Å². The number of nitrogens with two attached hydrogens (primary N) is 1. The van der Waals surface area contributed by atoms with Gasteiger partial charge in [-0.25, -0.2) is 15.0 Å². The lowest BCUT2D eigenvalue weighted by atomic mass is 10.8. The monoisotopic (exact) mass is 206 g/mol. The fourth-order valence-electron chi connectivity index (χ4n) is 0.409. The number of carbonyl (C=O) groups is 2. The van der Waals surface area contributed by atoms with E-state index in [1.807, 2.05) is 5.43 Å². The van der Waals surface area contributed by atoms with Crippen LogP contribution in [0.1, 0.15) is 6.92 Å². The van der Waals surface area contributed by atoms with E-state index < -0.39 is 12.1 Å². The molecule has 0 radical (unpaired) electrons. The molecule has 0 aromatic rings. The molecule has 74 valence electrons. The molecule has 5 N–H and O–H groups in total. The Kier molecular flexibility index (Phi) is 5.28. The van der Waals surface area contributed by atoms with Crippen LogP contribution in [0.15, 0.2) is 0 Å². The molecule has 0 fully saturated rings. The molecule has 0 aliphatic rings. The van der Waals surface area contributed by atoms with E-state index in [1.165, 1.54) is 0 Å². The number of carbonyl (C=O) groups excluding carboxylic acids is 2. The number of hydrazine groups is 1. The van der Waals surface area contributed by atoms with E-state index in [1.54, 1.807) is 6.92 Å². The highest BCUT2D eigenvalue weighted by molar-refractivity contribution is 7.80. The van der Waals surface area contributed by atoms with Crippen LogP contribution in [0, 0.1) is 0 Å². The third-order valence-corrected chi connectivity index (χ3v) is 0.994. The first-order valence-corrected chi connectivity index (χ1v) is 3.76. The van der Waals surface area contributed by atoms with E-state index in [-0.39, 0.29) is 11.7 Å². The quantitative estimate of drug-likeness (QED) is 0.332. The second-order valence-corrected chi connectivity index (χ2v) is 2.20. The lowest BCUT2D eigenvalue weighted by molar-refractivity contribution is 0.157. The number of hydrogen-bond acceptors (Lipinski definition) is 4. The van der Waals surface area contributed by atoms with Gasteiger partial charge in [-0.3, -0.25) is 10.7 Å². The first kappa shape index (κ1) is 11.4. The molecule has 0 saturated carbocycles. The molecule has 0 spiro atoms. The van der Waals surface area contributed by atoms with E-state index in [4.69, 9.17) is 5.73 Å². The van der Waals surface area contributed by atoms with Gasteiger partial charge in [-0.1, -0.05) is 0 Å². The van der Waals surface area contributed by atoms with Crippen molar-refractivity contribution in [3.05, 3.63) is 0 Å². The minimum Gasteiger partial charge on any atom is -0.450 e. The summed E-state index contributed by atoms with van der Waals surface area (Å²) in [6.07, 6.45) is -0.703. The highest BCUT2D eigenvalue weighted by Crippen LogP contribution is 1.75. The number of nitrogens with one attached hydrogen (secondary N) is 3. The summed E-state index contributed by atoms with van der Waals surface area (Å²) >= 11 is 4.57. The average molecular weight is 206 g/mol. The first-order valence-electron chi connectivity index (χ1n) is 3.35. The van der Waals surface area contributed by atoms with Crippen molar-refractivity contribution in [2.24, 2.45) is 5.73 Å². The second-order valence-electron chi connectivity index (χ2n) is 1.79. The molecule has 0 saturated heterocycles. The fourth-order valence-corrected chi connectivity index (χ4v) is 0.544. The van der Waals surface area contributed by atoms with Gasteiger partial charge in [0.15, 0.2) is 5.11 Å². The molecular weight excluding hydrogens is 196 g/mol. The van der Waals surface area contributed by atoms with Gasteiger partial charge < -0.3 is 10.5 Å². The summed E-state index contributed by atoms with van der Waals surface area (Å²) in [7, 11) is 0. The van der Waals surface area contributed by atoms with Crippen molar-refractivity contribution in [1.29, 1.82) is 0 Å². The van der Waals surface area contributed by atoms with Gasteiger partial charge >= 0.3 is 12.1 Å². The molecule has 0 aliphatic heterocycles. The lowest BCUT2D eigenvalue weighted by Crippen LogP contribution is -2.50. The molecule has 7 nitrogen and oxygen atoms in total. The normalized spacial score (nSPS) is 8.38. The number of hydrogen-bond donors (Lipinski definition) is 4. The van der Waals surface area contributed by atoms with Crippen LogP contribution in [-0.2, 0) is 4.74 Å². The van der Waals surface area contributed by atoms with Gasteiger partial charge in [-0.2, -0.15) is 0 Å². The zero-order valence-corrected chi connectivity index (χ0v) is 7.73. The van der Waals surface area contributed by atoms with Crippen LogP contribution < -0.4 is 21.9 Å². The number of amides is 3. The van der Waals surface area contributed by atoms with Gasteiger partial charge in [0.25, 0.3) is 0 Å². The molecule has 8 heteroatoms. The fraction of sp³-hybridized carbons (Fsp3) is 0.400. The number of primary amides is 1. The van der Waals surface area contributed by atoms with Crippen molar-refractivity contribution in [3.8, 4) is 0 Å². The van der Waals surface area contributed by atoms with E-state index in [0.717, 1.165) is 0 Å². The van der Waals surface area contributed by atoms with Crippen molar-refractivity contribution in [2.75, 3.05) is 6.61 Å². The predicted octanol–water partition coefficient (Wildman–Crippen LogP) is -0.810. The van der Waals surface area contributed by atoms with Gasteiger partial charge in [-0.15, -0.1) is 0 Å². The maximum absolute atomic E-state index is 10.7. The summed E-state index contributed by atoms with van der Waals surface area (Å²) in [6, 6.07) is -0.812. The Bertz CT molecular complexity index is 220. The van der Waals surface area contributed by atoms with E-state index in [2.05, 4.69) is 27.7 Å². The SMILES string of the molecule is CCOC(=O)NC(=S)NNC(N)=O. The molecule has 0 heterocycles. The molecule has 3 amide bonds. The Labute approximate surface area is 80.0 Å². The molecule has 13 heavy (non-hydrogen) atoms. The van der Waals surface area contributed by atoms with Gasteiger partial charge in [-0.05, 0) is 19.1 Å². The van der Waals surface area contributed by atoms with E-state index in [9.17, 15) is 9.59 Å². The first-order chi connectivity index (χ1) is 6.06. The molecule has 0 aliphatic carbocycles. The average Bonchev–Trinajstić information content (AvgIpc) is 2.01. The number of thiocarbonyl (C=S) groups is 1. The molecular formula is C5H10N4O3S. The van der Waals surface area contributed by atoms with Crippen LogP contribution >= 0.6 is 12.2 Å². The van der Waals surface area contributed by atoms with Crippen molar-refractivity contribution < 1.29 is 14.3 Å². The van der Waals surface area contributed by atoms with Crippen LogP contribution in [0.3, 0.4) is 0 Å². The topological polar surface area (TPSA) is 105 Å². The number of urea groups is 1. The van der Waals surface area contributed by atoms with Gasteiger partial charge in [0, 0.05) is 0 Å². The minimum atomic E-state index is -0.812. The molecule has 0 bridgehead atoms. The second kappa shape index (κ2) is 6.00. The Morgan fingerprint density at radius 1 is 1.46 bits per heavy atom. The Morgan fingerprint density at radius 2 is 2.08 bits per heavy atom. The van der Waals surface area contributed by atoms with Crippen LogP contribution in [0.4, 0.5) is 9.59 Å². The smallest absolute Gasteiger partial charge is 0.413 e. The van der Waals surface area contributed by atoms with Gasteiger partial charge in [0.05, 0.1) is 6.61 Å². The summed E-state index contributed by atoms with van der Waals surface area (Å²) in [5.41, 5.74) is 8.85. The maximum atomic E-state index is 10.7. The highest BCUT2D eigenvalue weighted by atomic mass is 32.1. The summed E-state index contributed by atoms with van der Waals surface area (Å²) in [6.45, 7) is 1.88. The highest BCUT2D eigenvalue weighted by Gasteiger charge is 2.03. The maximum Gasteiger partial charge on any atom is 0.413 e. The zero-order valence-electron chi connectivity index (χ0n) is 6.92. The van der Waals surface area contributed by atoms with Crippen LogP contribution in [-0.4, -0.2) is 23.8 Å². The minimum absolute atomic E-state index is 0.0998. The molecule has 0 rings (SSSR count). The molecule has 0 unspecified atom stereocenters. The Balaban J connectivity index is 3.62. The number of ether oxygens (including phenoxy) is 1. The van der Waals surface area contributed by atoms with Crippen LogP contribution in [0.2, 0.25) is 0 Å². The van der Waals surface area contributed by atoms with Crippen LogP contribution in [0.25, 0.3) is 0 Å². The van der Waals surface area contributed by atoms with Crippen molar-refractivity contribution in [2.45, 2.75) is 6.92 Å². The molecule has 0 aromatic heterocycles. The summed E-state index contributed by atoms with van der Waals surface area (Å²) in [5.74, 6) is 0. The van der Waals surface area contributed by atoms with E-state index >= 15 is 0 Å². The van der Waals surface area contributed by atoms with E-state index in [0.29, 0.717) is 0 Å². The summed E-state index contributed by atoms with van der Waals surface area (Å²) < 4.78 is 4.50. The van der Waals surface area contributed by atoms with Gasteiger partial charge in [0.1, 0.15) is 0 Å². The third kappa shape index (κ3) is 6.81. The number of rotatable bonds is 1. The van der Waals surface area contributed by atoms with Crippen molar-refractivity contribution in [1.82, 2.24) is 16.2 Å². The zero-order chi connectivity index (χ0) is 10.3. The molecule has 0 atom stereocenters. The van der Waals surface area contributed by atoms with Crippen LogP contribution in [0.5, 0.6) is 0 Å². The largest absolute Gasteiger partial charge is 0.450 e. The summed E-state index contributed by atoms with van der Waals surface area (Å²) in [4.78, 5) is 20.9. The van der Waals surface area contributed by atoms with Crippen molar-refractivity contribution in [3.63, 3.8) is 0 Å². The van der Waals surface area contributed by atoms with Crippen molar-refractivity contribution >= 4 is 29.5 Å². The summed E-state index contributed by atoms with van der Waals surface area (Å²) in [5, 5.41) is 2.03. The standard InChI is InChI=1S/C5H10N4O3S/c1-2-12-5(11)7-4(13)9-8-3(6)10/h2H2,1H3,(H3,6,8,10)(H2,7,9,11,13). The number of alkyl carbamates (subject to hydrolysis) is 1.